The first kappa shape index (κ1) is 16.1. The Kier molecular flexibility index (Phi) is 12.5. The quantitative estimate of drug-likeness (QED) is 0.292. The van der Waals surface area contributed by atoms with Crippen LogP contribution in [0.5, 0.6) is 0 Å². The maximum absolute atomic E-state index is 11.7. The highest BCUT2D eigenvalue weighted by Crippen LogP contribution is 2.09. The lowest BCUT2D eigenvalue weighted by atomic mass is 10.1. The van der Waals surface area contributed by atoms with Crippen molar-refractivity contribution in [3.05, 3.63) is 12.7 Å². The molecule has 0 aromatic carbocycles. The van der Waals surface area contributed by atoms with Crippen LogP contribution in [0.3, 0.4) is 0 Å². The smallest absolute Gasteiger partial charge is 0.337 e. The van der Waals surface area contributed by atoms with Gasteiger partial charge in [-0.2, -0.15) is 0 Å². The van der Waals surface area contributed by atoms with E-state index in [4.69, 9.17) is 0 Å². The number of hydrogen-bond donors (Lipinski definition) is 0. The molecule has 17 heavy (non-hydrogen) atoms. The molecule has 0 aromatic heterocycles. The van der Waals surface area contributed by atoms with Crippen molar-refractivity contribution in [3.8, 4) is 0 Å². The van der Waals surface area contributed by atoms with Crippen molar-refractivity contribution in [2.45, 2.75) is 57.8 Å². The highest BCUT2D eigenvalue weighted by molar-refractivity contribution is 5.70. The van der Waals surface area contributed by atoms with Gasteiger partial charge in [-0.3, -0.25) is 0 Å². The van der Waals surface area contributed by atoms with Crippen molar-refractivity contribution in [2.75, 3.05) is 13.3 Å². The Hall–Kier alpha value is -0.860. The van der Waals surface area contributed by atoms with Crippen molar-refractivity contribution in [1.29, 1.82) is 0 Å². The van der Waals surface area contributed by atoms with Gasteiger partial charge in [0.15, 0.2) is 6.67 Å². The highest BCUT2D eigenvalue weighted by Gasteiger charge is 1.99. The molecule has 0 atom stereocenters. The maximum atomic E-state index is 11.7. The lowest BCUT2D eigenvalue weighted by Crippen LogP contribution is -2.07. The molecule has 0 spiro atoms. The molecular weight excluding hydrogens is 219 g/mol. The average molecular weight is 244 g/mol. The zero-order valence-corrected chi connectivity index (χ0v) is 10.8. The van der Waals surface area contributed by atoms with Gasteiger partial charge in [-0.1, -0.05) is 44.6 Å². The highest BCUT2D eigenvalue weighted by atomic mass is 19.1. The number of ether oxygens (including phenoxy) is 1. The number of halogens is 1. The first-order valence-electron chi connectivity index (χ1n) is 6.63. The van der Waals surface area contributed by atoms with E-state index in [-0.39, 0.29) is 0 Å². The predicted molar refractivity (Wildman–Crippen MR) is 68.7 cm³/mol. The number of alkyl halides is 1. The van der Waals surface area contributed by atoms with Crippen LogP contribution in [-0.2, 0) is 9.53 Å². The van der Waals surface area contributed by atoms with Crippen LogP contribution >= 0.6 is 0 Å². The zero-order valence-electron chi connectivity index (χ0n) is 10.8. The van der Waals surface area contributed by atoms with Gasteiger partial charge in [0, 0.05) is 0 Å². The Morgan fingerprint density at radius 3 is 2.06 bits per heavy atom. The summed E-state index contributed by atoms with van der Waals surface area (Å²) in [5, 5.41) is 0. The molecule has 0 aliphatic carbocycles. The van der Waals surface area contributed by atoms with E-state index < -0.39 is 12.6 Å². The summed E-state index contributed by atoms with van der Waals surface area (Å²) in [4.78, 5) is 10.5. The standard InChI is InChI=1S/C14H25FO2/c1-2-3-4-5-6-7-8-9-10-11-12-17-14(16)13-15/h2H,1,3-13H2. The molecule has 0 amide bonds. The lowest BCUT2D eigenvalue weighted by molar-refractivity contribution is -0.144. The van der Waals surface area contributed by atoms with Gasteiger partial charge in [-0.25, -0.2) is 9.18 Å². The first-order chi connectivity index (χ1) is 8.31. The van der Waals surface area contributed by atoms with Crippen LogP contribution in [-0.4, -0.2) is 19.3 Å². The summed E-state index contributed by atoms with van der Waals surface area (Å²) in [7, 11) is 0. The fraction of sp³-hybridized carbons (Fsp3) is 0.786. The summed E-state index contributed by atoms with van der Waals surface area (Å²) in [5.41, 5.74) is 0. The molecule has 0 heterocycles. The van der Waals surface area contributed by atoms with E-state index in [0.717, 1.165) is 19.3 Å². The Morgan fingerprint density at radius 1 is 1.00 bits per heavy atom. The predicted octanol–water partition coefficient (Wildman–Crippen LogP) is 4.20. The number of rotatable bonds is 12. The molecule has 2 nitrogen and oxygen atoms in total. The molecule has 3 heteroatoms. The molecule has 0 rings (SSSR count). The van der Waals surface area contributed by atoms with Crippen LogP contribution in [0.25, 0.3) is 0 Å². The Morgan fingerprint density at radius 2 is 1.53 bits per heavy atom. The van der Waals surface area contributed by atoms with E-state index in [2.05, 4.69) is 11.3 Å². The fourth-order valence-electron chi connectivity index (χ4n) is 1.68. The monoisotopic (exact) mass is 244 g/mol. The van der Waals surface area contributed by atoms with E-state index in [1.54, 1.807) is 0 Å². The van der Waals surface area contributed by atoms with Crippen LogP contribution in [0.1, 0.15) is 57.8 Å². The van der Waals surface area contributed by atoms with Gasteiger partial charge in [0.05, 0.1) is 6.61 Å². The van der Waals surface area contributed by atoms with Crippen LogP contribution in [0.15, 0.2) is 12.7 Å². The van der Waals surface area contributed by atoms with Crippen LogP contribution in [0, 0.1) is 0 Å². The third-order valence-electron chi connectivity index (χ3n) is 2.67. The minimum absolute atomic E-state index is 0.363. The summed E-state index contributed by atoms with van der Waals surface area (Å²) in [6.07, 6.45) is 12.5. The number of allylic oxidation sites excluding steroid dienone is 1. The van der Waals surface area contributed by atoms with Crippen LogP contribution in [0.4, 0.5) is 4.39 Å². The van der Waals surface area contributed by atoms with E-state index >= 15 is 0 Å². The van der Waals surface area contributed by atoms with Crippen molar-refractivity contribution in [2.24, 2.45) is 0 Å². The third-order valence-corrected chi connectivity index (χ3v) is 2.67. The van der Waals surface area contributed by atoms with Crippen molar-refractivity contribution in [1.82, 2.24) is 0 Å². The van der Waals surface area contributed by atoms with Gasteiger partial charge in [0.2, 0.25) is 0 Å². The largest absolute Gasteiger partial charge is 0.464 e. The topological polar surface area (TPSA) is 26.3 Å². The summed E-state index contributed by atoms with van der Waals surface area (Å²) in [6, 6.07) is 0. The van der Waals surface area contributed by atoms with E-state index in [1.807, 2.05) is 6.08 Å². The average Bonchev–Trinajstić information content (AvgIpc) is 2.35. The van der Waals surface area contributed by atoms with E-state index in [0.29, 0.717) is 6.61 Å². The van der Waals surface area contributed by atoms with Gasteiger partial charge in [0.1, 0.15) is 0 Å². The zero-order chi connectivity index (χ0) is 12.8. The Bertz CT molecular complexity index is 193. The molecule has 0 saturated heterocycles. The number of esters is 1. The molecule has 0 radical (unpaired) electrons. The lowest BCUT2D eigenvalue weighted by Gasteiger charge is -2.03. The maximum Gasteiger partial charge on any atom is 0.337 e. The summed E-state index contributed by atoms with van der Waals surface area (Å²) in [6.45, 7) is 3.05. The van der Waals surface area contributed by atoms with Crippen molar-refractivity contribution >= 4 is 5.97 Å². The van der Waals surface area contributed by atoms with Gasteiger partial charge in [-0.15, -0.1) is 6.58 Å². The fourth-order valence-corrected chi connectivity index (χ4v) is 1.68. The summed E-state index contributed by atoms with van der Waals surface area (Å²) in [5.74, 6) is -0.743. The second-order valence-electron chi connectivity index (χ2n) is 4.26. The normalized spacial score (nSPS) is 10.2. The molecule has 0 aliphatic rings. The second kappa shape index (κ2) is 13.2. The van der Waals surface area contributed by atoms with Crippen LogP contribution in [0.2, 0.25) is 0 Å². The van der Waals surface area contributed by atoms with Gasteiger partial charge >= 0.3 is 5.97 Å². The minimum Gasteiger partial charge on any atom is -0.464 e. The summed E-state index contributed by atoms with van der Waals surface area (Å²) >= 11 is 0. The molecule has 0 N–H and O–H groups in total. The molecule has 0 aliphatic heterocycles. The van der Waals surface area contributed by atoms with Crippen molar-refractivity contribution < 1.29 is 13.9 Å². The molecule has 0 aromatic rings. The van der Waals surface area contributed by atoms with E-state index in [9.17, 15) is 9.18 Å². The molecular formula is C14H25FO2. The first-order valence-corrected chi connectivity index (χ1v) is 6.63. The molecule has 0 unspecified atom stereocenters. The molecule has 0 fully saturated rings. The number of hydrogen-bond acceptors (Lipinski definition) is 2. The SMILES string of the molecule is C=CCCCCCCCCCCOC(=O)CF. The molecule has 0 saturated carbocycles. The molecule has 0 bridgehead atoms. The third kappa shape index (κ3) is 13.1. The molecule has 100 valence electrons. The summed E-state index contributed by atoms with van der Waals surface area (Å²) < 4.78 is 16.3. The Balaban J connectivity index is 2.98. The Labute approximate surface area is 104 Å². The number of carbonyl (C=O) groups is 1. The van der Waals surface area contributed by atoms with Crippen molar-refractivity contribution in [3.63, 3.8) is 0 Å². The number of unbranched alkanes of at least 4 members (excludes halogenated alkanes) is 8. The minimum atomic E-state index is -1.01. The van der Waals surface area contributed by atoms with Gasteiger partial charge in [-0.05, 0) is 19.3 Å². The number of carbonyl (C=O) groups excluding carboxylic acids is 1. The van der Waals surface area contributed by atoms with Gasteiger partial charge < -0.3 is 4.74 Å². The van der Waals surface area contributed by atoms with E-state index in [1.165, 1.54) is 38.5 Å². The van der Waals surface area contributed by atoms with Crippen LogP contribution < -0.4 is 0 Å². The second-order valence-corrected chi connectivity index (χ2v) is 4.26. The van der Waals surface area contributed by atoms with Gasteiger partial charge in [0.25, 0.3) is 0 Å².